The number of Topliss-reactive ketones (excluding diaryl/α,β-unsaturated/α-hetero) is 1. The maximum Gasteiger partial charge on any atom is 0.337 e. The minimum atomic E-state index is -0.806. The van der Waals surface area contributed by atoms with E-state index in [9.17, 15) is 19.5 Å². The van der Waals surface area contributed by atoms with E-state index >= 15 is 0 Å². The fourth-order valence-electron chi connectivity index (χ4n) is 4.57. The molecule has 4 rings (SSSR count). The molecular formula is C28H32N2O7. The van der Waals surface area contributed by atoms with Crippen LogP contribution in [-0.4, -0.2) is 85.2 Å². The second kappa shape index (κ2) is 11.6. The molecule has 2 aliphatic heterocycles. The van der Waals surface area contributed by atoms with Gasteiger partial charge in [0.1, 0.15) is 11.5 Å². The maximum absolute atomic E-state index is 13.3. The van der Waals surface area contributed by atoms with Crippen molar-refractivity contribution in [3.05, 3.63) is 70.8 Å². The molecule has 2 heterocycles. The first-order valence-corrected chi connectivity index (χ1v) is 12.3. The van der Waals surface area contributed by atoms with Gasteiger partial charge in [0.05, 0.1) is 43.6 Å². The lowest BCUT2D eigenvalue weighted by molar-refractivity contribution is -0.140. The topological polar surface area (TPSA) is 106 Å². The number of ketones is 1. The Morgan fingerprint density at radius 2 is 1.62 bits per heavy atom. The van der Waals surface area contributed by atoms with Crippen LogP contribution in [0, 0.1) is 0 Å². The summed E-state index contributed by atoms with van der Waals surface area (Å²) in [6.45, 7) is 7.41. The van der Waals surface area contributed by atoms with Crippen molar-refractivity contribution in [1.82, 2.24) is 9.80 Å². The molecule has 2 fully saturated rings. The van der Waals surface area contributed by atoms with Crippen LogP contribution >= 0.6 is 0 Å². The van der Waals surface area contributed by atoms with Crippen molar-refractivity contribution in [3.8, 4) is 5.75 Å². The first-order chi connectivity index (χ1) is 17.8. The van der Waals surface area contributed by atoms with E-state index in [1.807, 2.05) is 13.8 Å². The highest BCUT2D eigenvalue weighted by atomic mass is 16.5. The summed E-state index contributed by atoms with van der Waals surface area (Å²) in [4.78, 5) is 42.1. The number of carbonyl (C=O) groups excluding carboxylic acids is 3. The van der Waals surface area contributed by atoms with Gasteiger partial charge in [-0.05, 0) is 55.8 Å². The number of methoxy groups -OCH3 is 1. The third-order valence-electron chi connectivity index (χ3n) is 6.45. The summed E-state index contributed by atoms with van der Waals surface area (Å²) < 4.78 is 15.9. The molecule has 9 heteroatoms. The van der Waals surface area contributed by atoms with Crippen molar-refractivity contribution in [1.29, 1.82) is 0 Å². The molecule has 0 aromatic heterocycles. The molecular weight excluding hydrogens is 476 g/mol. The number of rotatable bonds is 8. The summed E-state index contributed by atoms with van der Waals surface area (Å²) in [5.41, 5.74) is 1.36. The van der Waals surface area contributed by atoms with Crippen LogP contribution in [0.15, 0.2) is 54.1 Å². The number of hydrogen-bond acceptors (Lipinski definition) is 8. The highest BCUT2D eigenvalue weighted by Crippen LogP contribution is 2.39. The van der Waals surface area contributed by atoms with E-state index in [0.717, 1.165) is 13.1 Å². The van der Waals surface area contributed by atoms with E-state index in [1.165, 1.54) is 12.0 Å². The van der Waals surface area contributed by atoms with Crippen molar-refractivity contribution < 1.29 is 33.7 Å². The standard InChI is InChI=1S/C28H32N2O7/c1-18(2)37-22-10-8-20(9-11-22)25(31)23-24(19-4-6-21(7-5-19)28(34)35-3)30(27(33)26(23)32)13-12-29-14-16-36-17-15-29/h4-11,18,24,31H,12-17H2,1-3H3/t24-/m0/s1. The molecule has 1 amide bonds. The van der Waals surface area contributed by atoms with Gasteiger partial charge in [-0.2, -0.15) is 0 Å². The quantitative estimate of drug-likeness (QED) is 0.251. The lowest BCUT2D eigenvalue weighted by atomic mass is 9.94. The summed E-state index contributed by atoms with van der Waals surface area (Å²) in [5, 5.41) is 11.3. The molecule has 2 aliphatic rings. The van der Waals surface area contributed by atoms with E-state index < -0.39 is 23.7 Å². The number of aliphatic hydroxyl groups excluding tert-OH is 1. The Hall–Kier alpha value is -3.69. The van der Waals surface area contributed by atoms with Gasteiger partial charge >= 0.3 is 5.97 Å². The van der Waals surface area contributed by atoms with Gasteiger partial charge in [-0.1, -0.05) is 12.1 Å². The van der Waals surface area contributed by atoms with Crippen LogP contribution in [0.1, 0.15) is 41.4 Å². The lowest BCUT2D eigenvalue weighted by Gasteiger charge is -2.31. The Balaban J connectivity index is 1.71. The summed E-state index contributed by atoms with van der Waals surface area (Å²) in [6, 6.07) is 12.5. The zero-order chi connectivity index (χ0) is 26.5. The van der Waals surface area contributed by atoms with Crippen LogP contribution in [0.3, 0.4) is 0 Å². The molecule has 2 aromatic rings. The summed E-state index contributed by atoms with van der Waals surface area (Å²) in [7, 11) is 1.30. The minimum Gasteiger partial charge on any atom is -0.507 e. The lowest BCUT2D eigenvalue weighted by Crippen LogP contribution is -2.42. The SMILES string of the molecule is COC(=O)c1ccc([C@H]2C(=C(O)c3ccc(OC(C)C)cc3)C(=O)C(=O)N2CCN2CCOCC2)cc1. The number of hydrogen-bond donors (Lipinski definition) is 1. The molecule has 2 saturated heterocycles. The van der Waals surface area contributed by atoms with Gasteiger partial charge in [0.25, 0.3) is 11.7 Å². The van der Waals surface area contributed by atoms with Crippen molar-refractivity contribution in [2.24, 2.45) is 0 Å². The Labute approximate surface area is 216 Å². The molecule has 1 N–H and O–H groups in total. The predicted octanol–water partition coefficient (Wildman–Crippen LogP) is 3.01. The summed E-state index contributed by atoms with van der Waals surface area (Å²) in [5.74, 6) is -1.53. The van der Waals surface area contributed by atoms with Gasteiger partial charge in [0.2, 0.25) is 0 Å². The van der Waals surface area contributed by atoms with Crippen LogP contribution in [0.2, 0.25) is 0 Å². The Morgan fingerprint density at radius 1 is 1.00 bits per heavy atom. The number of likely N-dealkylation sites (tertiary alicyclic amines) is 1. The zero-order valence-electron chi connectivity index (χ0n) is 21.3. The highest BCUT2D eigenvalue weighted by Gasteiger charge is 2.46. The van der Waals surface area contributed by atoms with Crippen LogP contribution in [0.4, 0.5) is 0 Å². The number of carbonyl (C=O) groups is 3. The molecule has 37 heavy (non-hydrogen) atoms. The summed E-state index contributed by atoms with van der Waals surface area (Å²) >= 11 is 0. The molecule has 0 saturated carbocycles. The Morgan fingerprint density at radius 3 is 2.22 bits per heavy atom. The third kappa shape index (κ3) is 5.84. The van der Waals surface area contributed by atoms with Crippen molar-refractivity contribution in [3.63, 3.8) is 0 Å². The normalized spacial score (nSPS) is 19.9. The number of benzene rings is 2. The zero-order valence-corrected chi connectivity index (χ0v) is 21.3. The van der Waals surface area contributed by atoms with Crippen LogP contribution < -0.4 is 4.74 Å². The Kier molecular flexibility index (Phi) is 8.25. The van der Waals surface area contributed by atoms with Gasteiger partial charge in [-0.15, -0.1) is 0 Å². The average molecular weight is 509 g/mol. The number of nitrogens with zero attached hydrogens (tertiary/aromatic N) is 2. The molecule has 9 nitrogen and oxygen atoms in total. The molecule has 1 atom stereocenters. The van der Waals surface area contributed by atoms with E-state index in [2.05, 4.69) is 4.90 Å². The van der Waals surface area contributed by atoms with Crippen LogP contribution in [0.25, 0.3) is 5.76 Å². The van der Waals surface area contributed by atoms with Crippen LogP contribution in [-0.2, 0) is 19.1 Å². The molecule has 2 aromatic carbocycles. The fourth-order valence-corrected chi connectivity index (χ4v) is 4.57. The van der Waals surface area contributed by atoms with E-state index in [4.69, 9.17) is 14.2 Å². The molecule has 0 radical (unpaired) electrons. The van der Waals surface area contributed by atoms with Crippen molar-refractivity contribution in [2.45, 2.75) is 26.0 Å². The fraction of sp³-hybridized carbons (Fsp3) is 0.393. The number of morpholine rings is 1. The summed E-state index contributed by atoms with van der Waals surface area (Å²) in [6.07, 6.45) is -0.0100. The number of amides is 1. The average Bonchev–Trinajstić information content (AvgIpc) is 3.16. The third-order valence-corrected chi connectivity index (χ3v) is 6.45. The molecule has 0 bridgehead atoms. The Bertz CT molecular complexity index is 1170. The largest absolute Gasteiger partial charge is 0.507 e. The maximum atomic E-state index is 13.3. The van der Waals surface area contributed by atoms with E-state index in [0.29, 0.717) is 48.7 Å². The molecule has 0 unspecified atom stereocenters. The van der Waals surface area contributed by atoms with E-state index in [-0.39, 0.29) is 17.4 Å². The molecule has 196 valence electrons. The second-order valence-corrected chi connectivity index (χ2v) is 9.25. The molecule has 0 spiro atoms. The first kappa shape index (κ1) is 26.4. The van der Waals surface area contributed by atoms with Crippen molar-refractivity contribution in [2.75, 3.05) is 46.5 Å². The molecule has 0 aliphatic carbocycles. The highest BCUT2D eigenvalue weighted by molar-refractivity contribution is 6.46. The van der Waals surface area contributed by atoms with E-state index in [1.54, 1.807) is 48.5 Å². The monoisotopic (exact) mass is 508 g/mol. The van der Waals surface area contributed by atoms with Gasteiger partial charge in [0, 0.05) is 31.7 Å². The first-order valence-electron chi connectivity index (χ1n) is 12.3. The minimum absolute atomic E-state index is 0.00956. The van der Waals surface area contributed by atoms with Gasteiger partial charge in [-0.25, -0.2) is 4.79 Å². The number of ether oxygens (including phenoxy) is 3. The number of esters is 1. The van der Waals surface area contributed by atoms with Gasteiger partial charge in [-0.3, -0.25) is 14.5 Å². The number of aliphatic hydroxyl groups is 1. The van der Waals surface area contributed by atoms with Crippen LogP contribution in [0.5, 0.6) is 5.75 Å². The van der Waals surface area contributed by atoms with Gasteiger partial charge < -0.3 is 24.2 Å². The smallest absolute Gasteiger partial charge is 0.337 e. The van der Waals surface area contributed by atoms with Gasteiger partial charge in [0.15, 0.2) is 0 Å². The second-order valence-electron chi connectivity index (χ2n) is 9.25. The van der Waals surface area contributed by atoms with Crippen molar-refractivity contribution >= 4 is 23.4 Å². The predicted molar refractivity (Wildman–Crippen MR) is 136 cm³/mol.